The molecule has 1 aromatic heterocycles. The van der Waals surface area contributed by atoms with Crippen molar-refractivity contribution in [2.24, 2.45) is 5.41 Å². The molecule has 1 unspecified atom stereocenters. The molecule has 7 heteroatoms. The second-order valence-electron chi connectivity index (χ2n) is 8.44. The van der Waals surface area contributed by atoms with Crippen LogP contribution in [0.15, 0.2) is 0 Å². The number of nitrogens with one attached hydrogen (secondary N) is 1. The van der Waals surface area contributed by atoms with Crippen molar-refractivity contribution in [2.45, 2.75) is 46.2 Å². The van der Waals surface area contributed by atoms with E-state index in [2.05, 4.69) is 34.0 Å². The predicted octanol–water partition coefficient (Wildman–Crippen LogP) is 1.39. The first-order chi connectivity index (χ1) is 12.2. The highest BCUT2D eigenvalue weighted by Gasteiger charge is 2.38. The van der Waals surface area contributed by atoms with Gasteiger partial charge in [0, 0.05) is 55.9 Å². The van der Waals surface area contributed by atoms with Gasteiger partial charge in [0.2, 0.25) is 5.82 Å². The van der Waals surface area contributed by atoms with E-state index in [1.165, 1.54) is 4.90 Å². The summed E-state index contributed by atoms with van der Waals surface area (Å²) in [6.45, 7) is 11.9. The number of carbonyl (C=O) groups excluding carboxylic acids is 1. The van der Waals surface area contributed by atoms with Crippen LogP contribution in [-0.2, 0) is 4.74 Å². The van der Waals surface area contributed by atoms with E-state index in [1.54, 1.807) is 14.1 Å². The normalized spacial score (nSPS) is 24.9. The Kier molecular flexibility index (Phi) is 5.21. The molecule has 0 radical (unpaired) electrons. The minimum Gasteiger partial charge on any atom is -0.379 e. The van der Waals surface area contributed by atoms with Crippen LogP contribution in [0.25, 0.3) is 0 Å². The van der Waals surface area contributed by atoms with Crippen molar-refractivity contribution in [1.29, 1.82) is 0 Å². The van der Waals surface area contributed by atoms with Gasteiger partial charge < -0.3 is 19.9 Å². The van der Waals surface area contributed by atoms with Gasteiger partial charge in [0.1, 0.15) is 5.82 Å². The third-order valence-corrected chi connectivity index (χ3v) is 5.59. The molecule has 2 fully saturated rings. The van der Waals surface area contributed by atoms with Gasteiger partial charge in [-0.1, -0.05) is 13.8 Å². The van der Waals surface area contributed by atoms with Crippen LogP contribution < -0.4 is 10.2 Å². The summed E-state index contributed by atoms with van der Waals surface area (Å²) in [5.74, 6) is 0.997. The molecule has 144 valence electrons. The zero-order valence-corrected chi connectivity index (χ0v) is 16.8. The third-order valence-electron chi connectivity index (χ3n) is 5.59. The molecule has 2 aliphatic rings. The summed E-state index contributed by atoms with van der Waals surface area (Å²) in [5, 5.41) is 3.77. The lowest BCUT2D eigenvalue weighted by Crippen LogP contribution is -2.47. The molecular formula is C19H31N5O2. The van der Waals surface area contributed by atoms with Gasteiger partial charge in [0.05, 0.1) is 13.2 Å². The lowest BCUT2D eigenvalue weighted by atomic mass is 9.87. The summed E-state index contributed by atoms with van der Waals surface area (Å²) < 4.78 is 5.65. The Morgan fingerprint density at radius 3 is 2.65 bits per heavy atom. The third kappa shape index (κ3) is 3.69. The van der Waals surface area contributed by atoms with Crippen molar-refractivity contribution in [1.82, 2.24) is 20.2 Å². The molecule has 7 nitrogen and oxygen atoms in total. The number of rotatable bonds is 4. The summed E-state index contributed by atoms with van der Waals surface area (Å²) in [5.41, 5.74) is 2.08. The number of hydrogen-bond donors (Lipinski definition) is 1. The average Bonchev–Trinajstić information content (AvgIpc) is 3.16. The van der Waals surface area contributed by atoms with Crippen molar-refractivity contribution in [3.8, 4) is 0 Å². The van der Waals surface area contributed by atoms with E-state index in [0.717, 1.165) is 49.8 Å². The van der Waals surface area contributed by atoms with Crippen LogP contribution in [0.2, 0.25) is 0 Å². The standard InChI is InChI=1S/C19H31N5O2/c1-12-13(2)20-16(18(25)23(5)6)22-17(12)24-8-7-14(9-24)21-15-10-26-11-19(15,3)4/h14-15,21H,7-11H2,1-6H3/t14-,15?/m1/s1. The van der Waals surface area contributed by atoms with Gasteiger partial charge in [-0.2, -0.15) is 0 Å². The highest BCUT2D eigenvalue weighted by Crippen LogP contribution is 2.29. The predicted molar refractivity (Wildman–Crippen MR) is 102 cm³/mol. The molecule has 1 N–H and O–H groups in total. The number of hydrogen-bond acceptors (Lipinski definition) is 6. The fourth-order valence-corrected chi connectivity index (χ4v) is 3.63. The van der Waals surface area contributed by atoms with Crippen LogP contribution in [0.1, 0.15) is 42.1 Å². The van der Waals surface area contributed by atoms with Crippen molar-refractivity contribution < 1.29 is 9.53 Å². The number of aromatic nitrogens is 2. The number of anilines is 1. The minimum atomic E-state index is -0.159. The molecular weight excluding hydrogens is 330 g/mol. The van der Waals surface area contributed by atoms with E-state index in [4.69, 9.17) is 4.74 Å². The maximum atomic E-state index is 12.3. The fourth-order valence-electron chi connectivity index (χ4n) is 3.63. The van der Waals surface area contributed by atoms with Crippen molar-refractivity contribution in [3.05, 3.63) is 17.1 Å². The first-order valence-electron chi connectivity index (χ1n) is 9.34. The Morgan fingerprint density at radius 2 is 2.04 bits per heavy atom. The van der Waals surface area contributed by atoms with Gasteiger partial charge in [0.25, 0.3) is 5.91 Å². The lowest BCUT2D eigenvalue weighted by molar-refractivity contribution is 0.0815. The second-order valence-corrected chi connectivity index (χ2v) is 8.44. The van der Waals surface area contributed by atoms with E-state index in [0.29, 0.717) is 12.1 Å². The number of ether oxygens (including phenoxy) is 1. The zero-order chi connectivity index (χ0) is 19.1. The maximum Gasteiger partial charge on any atom is 0.291 e. The minimum absolute atomic E-state index is 0.159. The van der Waals surface area contributed by atoms with Crippen LogP contribution in [0, 0.1) is 19.3 Å². The Morgan fingerprint density at radius 1 is 1.31 bits per heavy atom. The quantitative estimate of drug-likeness (QED) is 0.874. The number of amides is 1. The Bertz CT molecular complexity index is 689. The maximum absolute atomic E-state index is 12.3. The van der Waals surface area contributed by atoms with Gasteiger partial charge in [-0.3, -0.25) is 4.79 Å². The van der Waals surface area contributed by atoms with Gasteiger partial charge in [-0.25, -0.2) is 9.97 Å². The van der Waals surface area contributed by atoms with Crippen molar-refractivity contribution >= 4 is 11.7 Å². The molecule has 0 aliphatic carbocycles. The van der Waals surface area contributed by atoms with E-state index in [1.807, 2.05) is 13.8 Å². The van der Waals surface area contributed by atoms with Crippen molar-refractivity contribution in [3.63, 3.8) is 0 Å². The molecule has 2 saturated heterocycles. The van der Waals surface area contributed by atoms with Gasteiger partial charge in [0.15, 0.2) is 0 Å². The van der Waals surface area contributed by atoms with Crippen LogP contribution in [-0.4, -0.2) is 73.3 Å². The summed E-state index contributed by atoms with van der Waals surface area (Å²) >= 11 is 0. The molecule has 0 bridgehead atoms. The van der Waals surface area contributed by atoms with E-state index >= 15 is 0 Å². The van der Waals surface area contributed by atoms with Crippen LogP contribution in [0.3, 0.4) is 0 Å². The smallest absolute Gasteiger partial charge is 0.291 e. The second kappa shape index (κ2) is 7.12. The summed E-state index contributed by atoms with van der Waals surface area (Å²) in [6, 6.07) is 0.787. The Balaban J connectivity index is 1.75. The van der Waals surface area contributed by atoms with Gasteiger partial charge in [-0.05, 0) is 20.3 Å². The van der Waals surface area contributed by atoms with Gasteiger partial charge in [-0.15, -0.1) is 0 Å². The molecule has 1 amide bonds. The van der Waals surface area contributed by atoms with Crippen LogP contribution in [0.4, 0.5) is 5.82 Å². The molecule has 0 saturated carbocycles. The molecule has 1 aromatic rings. The zero-order valence-electron chi connectivity index (χ0n) is 16.8. The molecule has 0 spiro atoms. The Hall–Kier alpha value is -1.73. The first-order valence-corrected chi connectivity index (χ1v) is 9.34. The number of carbonyl (C=O) groups is 1. The number of aryl methyl sites for hydroxylation is 1. The molecule has 2 aliphatic heterocycles. The summed E-state index contributed by atoms with van der Waals surface area (Å²) in [7, 11) is 3.45. The summed E-state index contributed by atoms with van der Waals surface area (Å²) in [4.78, 5) is 25.1. The molecule has 0 aromatic carbocycles. The molecule has 26 heavy (non-hydrogen) atoms. The highest BCUT2D eigenvalue weighted by atomic mass is 16.5. The topological polar surface area (TPSA) is 70.6 Å². The lowest BCUT2D eigenvalue weighted by Gasteiger charge is -2.29. The SMILES string of the molecule is Cc1nc(C(=O)N(C)C)nc(N2CC[C@@H](NC3COCC3(C)C)C2)c1C. The first kappa shape index (κ1) is 19.0. The van der Waals surface area contributed by atoms with Gasteiger partial charge >= 0.3 is 0 Å². The van der Waals surface area contributed by atoms with Crippen LogP contribution in [0.5, 0.6) is 0 Å². The van der Waals surface area contributed by atoms with E-state index in [9.17, 15) is 4.79 Å². The monoisotopic (exact) mass is 361 g/mol. The van der Waals surface area contributed by atoms with E-state index in [-0.39, 0.29) is 17.1 Å². The average molecular weight is 361 g/mol. The van der Waals surface area contributed by atoms with Crippen LogP contribution >= 0.6 is 0 Å². The Labute approximate surface area is 156 Å². The molecule has 3 rings (SSSR count). The van der Waals surface area contributed by atoms with Crippen molar-refractivity contribution in [2.75, 3.05) is 45.3 Å². The largest absolute Gasteiger partial charge is 0.379 e. The fraction of sp³-hybridized carbons (Fsp3) is 0.737. The number of nitrogens with zero attached hydrogens (tertiary/aromatic N) is 4. The highest BCUT2D eigenvalue weighted by molar-refractivity contribution is 5.90. The molecule has 3 heterocycles. The van der Waals surface area contributed by atoms with E-state index < -0.39 is 0 Å². The molecule has 2 atom stereocenters. The summed E-state index contributed by atoms with van der Waals surface area (Å²) in [6.07, 6.45) is 1.06.